The topological polar surface area (TPSA) is 130 Å². The van der Waals surface area contributed by atoms with Gasteiger partial charge < -0.3 is 26.1 Å². The van der Waals surface area contributed by atoms with Crippen LogP contribution in [0.25, 0.3) is 0 Å². The van der Waals surface area contributed by atoms with Crippen molar-refractivity contribution in [3.8, 4) is 0 Å². The van der Waals surface area contributed by atoms with E-state index in [1.165, 1.54) is 38.5 Å². The van der Waals surface area contributed by atoms with Gasteiger partial charge in [-0.25, -0.2) is 4.57 Å². The third-order valence-electron chi connectivity index (χ3n) is 1.66. The molecule has 0 heterocycles. The molecule has 0 fully saturated rings. The molecule has 94 valence electrons. The van der Waals surface area contributed by atoms with Crippen molar-refractivity contribution in [1.29, 1.82) is 0 Å². The fourth-order valence-electron chi connectivity index (χ4n) is 0.996. The Morgan fingerprint density at radius 2 is 0.933 bits per heavy atom. The Kier molecular flexibility index (Phi) is 14.1. The van der Waals surface area contributed by atoms with Crippen LogP contribution in [-0.2, 0) is 4.57 Å². The lowest BCUT2D eigenvalue weighted by molar-refractivity contribution is 0.275. The molecule has 0 saturated heterocycles. The Hall–Kier alpha value is 0.0300. The SMILES string of the molecule is NCCCCCCCCN.O=P(O)(O)O. The average molecular weight is 242 g/mol. The highest BCUT2D eigenvalue weighted by atomic mass is 31.2. The summed E-state index contributed by atoms with van der Waals surface area (Å²) in [5.41, 5.74) is 10.7. The summed E-state index contributed by atoms with van der Waals surface area (Å²) in [5, 5.41) is 0. The second-order valence-corrected chi connectivity index (χ2v) is 4.24. The van der Waals surface area contributed by atoms with E-state index in [1.54, 1.807) is 0 Å². The van der Waals surface area contributed by atoms with E-state index < -0.39 is 7.82 Å². The highest BCUT2D eigenvalue weighted by Gasteiger charge is 2.00. The second kappa shape index (κ2) is 12.1. The Morgan fingerprint density at radius 1 is 0.733 bits per heavy atom. The molecule has 0 aliphatic heterocycles. The van der Waals surface area contributed by atoms with E-state index in [0.717, 1.165) is 13.1 Å². The molecule has 0 aliphatic rings. The molecule has 0 aromatic heterocycles. The number of rotatable bonds is 7. The Labute approximate surface area is 90.9 Å². The first-order valence-electron chi connectivity index (χ1n) is 5.10. The fourth-order valence-corrected chi connectivity index (χ4v) is 0.996. The Balaban J connectivity index is 0. The summed E-state index contributed by atoms with van der Waals surface area (Å²) >= 11 is 0. The van der Waals surface area contributed by atoms with Gasteiger partial charge in [0.2, 0.25) is 0 Å². The van der Waals surface area contributed by atoms with Gasteiger partial charge in [0.05, 0.1) is 0 Å². The van der Waals surface area contributed by atoms with Crippen LogP contribution in [0.2, 0.25) is 0 Å². The summed E-state index contributed by atoms with van der Waals surface area (Å²) < 4.78 is 8.88. The molecule has 15 heavy (non-hydrogen) atoms. The molecule has 0 saturated carbocycles. The van der Waals surface area contributed by atoms with Crippen molar-refractivity contribution in [3.63, 3.8) is 0 Å². The predicted molar refractivity (Wildman–Crippen MR) is 60.1 cm³/mol. The van der Waals surface area contributed by atoms with Gasteiger partial charge in [-0.05, 0) is 25.9 Å². The van der Waals surface area contributed by atoms with Crippen LogP contribution in [0.1, 0.15) is 38.5 Å². The molecule has 0 amide bonds. The van der Waals surface area contributed by atoms with Crippen LogP contribution >= 0.6 is 7.82 Å². The number of nitrogens with two attached hydrogens (primary N) is 2. The lowest BCUT2D eigenvalue weighted by Gasteiger charge is -1.97. The molecule has 0 aromatic rings. The molecule has 0 atom stereocenters. The van der Waals surface area contributed by atoms with E-state index in [4.69, 9.17) is 30.7 Å². The van der Waals surface area contributed by atoms with Crippen molar-refractivity contribution in [2.24, 2.45) is 11.5 Å². The van der Waals surface area contributed by atoms with Crippen LogP contribution in [0.15, 0.2) is 0 Å². The van der Waals surface area contributed by atoms with Crippen LogP contribution in [-0.4, -0.2) is 27.8 Å². The molecule has 0 radical (unpaired) electrons. The predicted octanol–water partition coefficient (Wildman–Crippen LogP) is 0.316. The monoisotopic (exact) mass is 242 g/mol. The zero-order valence-corrected chi connectivity index (χ0v) is 9.90. The van der Waals surface area contributed by atoms with E-state index >= 15 is 0 Å². The largest absolute Gasteiger partial charge is 0.466 e. The Morgan fingerprint density at radius 3 is 1.13 bits per heavy atom. The van der Waals surface area contributed by atoms with Crippen molar-refractivity contribution in [2.45, 2.75) is 38.5 Å². The molecule has 7 N–H and O–H groups in total. The van der Waals surface area contributed by atoms with Gasteiger partial charge in [0.1, 0.15) is 0 Å². The first kappa shape index (κ1) is 17.4. The molecular weight excluding hydrogens is 219 g/mol. The zero-order valence-electron chi connectivity index (χ0n) is 9.01. The summed E-state index contributed by atoms with van der Waals surface area (Å²) in [6.45, 7) is 1.69. The molecule has 6 nitrogen and oxygen atoms in total. The van der Waals surface area contributed by atoms with Crippen LogP contribution < -0.4 is 11.5 Å². The number of hydrogen-bond donors (Lipinski definition) is 5. The van der Waals surface area contributed by atoms with Crippen LogP contribution in [0.4, 0.5) is 0 Å². The molecule has 0 aliphatic carbocycles. The maximum atomic E-state index is 8.88. The normalized spacial score (nSPS) is 10.7. The smallest absolute Gasteiger partial charge is 0.330 e. The van der Waals surface area contributed by atoms with Crippen LogP contribution in [0.5, 0.6) is 0 Å². The van der Waals surface area contributed by atoms with E-state index in [-0.39, 0.29) is 0 Å². The summed E-state index contributed by atoms with van der Waals surface area (Å²) in [4.78, 5) is 21.6. The van der Waals surface area contributed by atoms with Gasteiger partial charge >= 0.3 is 7.82 Å². The number of phosphoric acid groups is 1. The summed E-state index contributed by atoms with van der Waals surface area (Å²) in [6.07, 6.45) is 7.61. The van der Waals surface area contributed by atoms with Crippen molar-refractivity contribution in [3.05, 3.63) is 0 Å². The van der Waals surface area contributed by atoms with Gasteiger partial charge in [0, 0.05) is 0 Å². The van der Waals surface area contributed by atoms with Crippen LogP contribution in [0.3, 0.4) is 0 Å². The van der Waals surface area contributed by atoms with Crippen molar-refractivity contribution in [2.75, 3.05) is 13.1 Å². The molecule has 7 heteroatoms. The fraction of sp³-hybridized carbons (Fsp3) is 1.00. The number of hydrogen-bond acceptors (Lipinski definition) is 3. The molecular formula is C8H23N2O4P. The van der Waals surface area contributed by atoms with Gasteiger partial charge in [-0.15, -0.1) is 0 Å². The minimum atomic E-state index is -4.64. The Bertz CT molecular complexity index is 146. The summed E-state index contributed by atoms with van der Waals surface area (Å²) in [5.74, 6) is 0. The lowest BCUT2D eigenvalue weighted by Crippen LogP contribution is -1.99. The minimum absolute atomic E-state index is 0.844. The first-order chi connectivity index (χ1) is 6.91. The van der Waals surface area contributed by atoms with Gasteiger partial charge in [0.15, 0.2) is 0 Å². The maximum absolute atomic E-state index is 8.88. The van der Waals surface area contributed by atoms with E-state index in [1.807, 2.05) is 0 Å². The summed E-state index contributed by atoms with van der Waals surface area (Å²) in [6, 6.07) is 0. The third-order valence-corrected chi connectivity index (χ3v) is 1.66. The van der Waals surface area contributed by atoms with Crippen LogP contribution in [0, 0.1) is 0 Å². The van der Waals surface area contributed by atoms with Crippen molar-refractivity contribution < 1.29 is 19.2 Å². The van der Waals surface area contributed by atoms with E-state index in [9.17, 15) is 0 Å². The second-order valence-electron chi connectivity index (χ2n) is 3.21. The average Bonchev–Trinajstić information content (AvgIpc) is 2.08. The van der Waals surface area contributed by atoms with E-state index in [0.29, 0.717) is 0 Å². The lowest BCUT2D eigenvalue weighted by atomic mass is 10.1. The molecule has 0 aromatic carbocycles. The summed E-state index contributed by atoms with van der Waals surface area (Å²) in [7, 11) is -4.64. The van der Waals surface area contributed by atoms with Gasteiger partial charge in [0.25, 0.3) is 0 Å². The molecule has 0 unspecified atom stereocenters. The quantitative estimate of drug-likeness (QED) is 0.323. The standard InChI is InChI=1S/C8H20N2.H3O4P/c9-7-5-3-1-2-4-6-8-10;1-5(2,3)4/h1-10H2;(H3,1,2,3,4). The highest BCUT2D eigenvalue weighted by Crippen LogP contribution is 2.25. The van der Waals surface area contributed by atoms with Gasteiger partial charge in [-0.1, -0.05) is 25.7 Å². The minimum Gasteiger partial charge on any atom is -0.330 e. The molecule has 0 spiro atoms. The van der Waals surface area contributed by atoms with Crippen molar-refractivity contribution >= 4 is 7.82 Å². The molecule has 0 bridgehead atoms. The highest BCUT2D eigenvalue weighted by molar-refractivity contribution is 7.45. The maximum Gasteiger partial charge on any atom is 0.466 e. The van der Waals surface area contributed by atoms with E-state index in [2.05, 4.69) is 0 Å². The zero-order chi connectivity index (χ0) is 12.2. The van der Waals surface area contributed by atoms with Gasteiger partial charge in [-0.3, -0.25) is 0 Å². The first-order valence-corrected chi connectivity index (χ1v) is 6.66. The number of unbranched alkanes of at least 4 members (excludes halogenated alkanes) is 5. The third kappa shape index (κ3) is 41.1. The van der Waals surface area contributed by atoms with Crippen molar-refractivity contribution in [1.82, 2.24) is 0 Å². The molecule has 0 rings (SSSR count). The van der Waals surface area contributed by atoms with Gasteiger partial charge in [-0.2, -0.15) is 0 Å².